The minimum absolute atomic E-state index is 0.231. The molecule has 11 heteroatoms. The van der Waals surface area contributed by atoms with Crippen LogP contribution >= 0.6 is 0 Å². The maximum absolute atomic E-state index is 10.4. The highest BCUT2D eigenvalue weighted by molar-refractivity contribution is 5.82. The average molecular weight is 398 g/mol. The van der Waals surface area contributed by atoms with Crippen LogP contribution in [0, 0.1) is 0 Å². The number of tetrazole rings is 1. The van der Waals surface area contributed by atoms with Gasteiger partial charge in [0.2, 0.25) is 5.65 Å². The zero-order valence-corrected chi connectivity index (χ0v) is 17.2. The zero-order valence-electron chi connectivity index (χ0n) is 17.2. The maximum atomic E-state index is 10.4. The average Bonchev–Trinajstić information content (AvgIpc) is 3.06. The first-order valence-electron chi connectivity index (χ1n) is 10.1. The Hall–Kier alpha value is -2.69. The molecule has 0 radical (unpaired) electrons. The number of hydrogen-bond donors (Lipinski definition) is 1. The van der Waals surface area contributed by atoms with Crippen molar-refractivity contribution in [2.45, 2.75) is 70.6 Å². The van der Waals surface area contributed by atoms with Gasteiger partial charge in [0.25, 0.3) is 0 Å². The molecule has 2 aliphatic rings. The molecule has 0 spiro atoms. The van der Waals surface area contributed by atoms with Gasteiger partial charge in [0, 0.05) is 18.5 Å². The Morgan fingerprint density at radius 1 is 1.17 bits per heavy atom. The van der Waals surface area contributed by atoms with Crippen LogP contribution in [0.1, 0.15) is 64.6 Å². The second kappa shape index (κ2) is 6.15. The summed E-state index contributed by atoms with van der Waals surface area (Å²) in [6.45, 7) is 9.68. The summed E-state index contributed by atoms with van der Waals surface area (Å²) in [5, 5.41) is 31.8. The highest BCUT2D eigenvalue weighted by Crippen LogP contribution is 2.35. The summed E-state index contributed by atoms with van der Waals surface area (Å²) in [6.07, 6.45) is 2.89. The van der Waals surface area contributed by atoms with Gasteiger partial charge < -0.3 is 10.0 Å². The lowest BCUT2D eigenvalue weighted by atomic mass is 9.96. The van der Waals surface area contributed by atoms with E-state index in [1.54, 1.807) is 4.80 Å². The van der Waals surface area contributed by atoms with Gasteiger partial charge >= 0.3 is 0 Å². The molecular formula is C18H26N10O. The Balaban J connectivity index is 1.56. The van der Waals surface area contributed by atoms with E-state index in [4.69, 9.17) is 4.98 Å². The molecule has 1 aliphatic heterocycles. The molecular weight excluding hydrogens is 372 g/mol. The fourth-order valence-corrected chi connectivity index (χ4v) is 3.64. The molecule has 5 rings (SSSR count). The van der Waals surface area contributed by atoms with Gasteiger partial charge in [-0.3, -0.25) is 0 Å². The van der Waals surface area contributed by atoms with E-state index in [1.807, 2.05) is 11.6 Å². The van der Waals surface area contributed by atoms with E-state index < -0.39 is 5.60 Å². The lowest BCUT2D eigenvalue weighted by Gasteiger charge is -2.22. The molecule has 1 atom stereocenters. The van der Waals surface area contributed by atoms with E-state index in [9.17, 15) is 5.11 Å². The van der Waals surface area contributed by atoms with E-state index in [1.165, 1.54) is 0 Å². The van der Waals surface area contributed by atoms with Crippen molar-refractivity contribution in [3.05, 3.63) is 11.6 Å². The summed E-state index contributed by atoms with van der Waals surface area (Å²) >= 11 is 0. The van der Waals surface area contributed by atoms with Gasteiger partial charge in [-0.05, 0) is 36.6 Å². The molecule has 1 unspecified atom stereocenters. The molecule has 3 aromatic rings. The number of rotatable bonds is 4. The van der Waals surface area contributed by atoms with Gasteiger partial charge in [-0.15, -0.1) is 15.3 Å². The maximum Gasteiger partial charge on any atom is 0.207 e. The molecule has 154 valence electrons. The molecule has 0 bridgehead atoms. The standard InChI is InChI=1S/C18H26N10O/c1-17(2,3)16-19-14-13(15(20-16)26-8-7-18(4,29)10-26)22-27(23-14)9-12-21-24-25-28(12)11-5-6-11/h11,29H,5-10H2,1-4H3. The fourth-order valence-electron chi connectivity index (χ4n) is 3.64. The van der Waals surface area contributed by atoms with Crippen molar-refractivity contribution in [2.75, 3.05) is 18.0 Å². The molecule has 1 N–H and O–H groups in total. The van der Waals surface area contributed by atoms with Crippen LogP contribution < -0.4 is 4.90 Å². The molecule has 0 aromatic carbocycles. The van der Waals surface area contributed by atoms with Gasteiger partial charge in [0.15, 0.2) is 17.2 Å². The number of β-amino-alcohol motifs (C(OH)–C–C–N with tert-alkyl or cyclic N) is 1. The van der Waals surface area contributed by atoms with E-state index >= 15 is 0 Å². The van der Waals surface area contributed by atoms with Gasteiger partial charge in [0.1, 0.15) is 12.4 Å². The largest absolute Gasteiger partial charge is 0.388 e. The lowest BCUT2D eigenvalue weighted by molar-refractivity contribution is 0.0839. The SMILES string of the molecule is CC1(O)CCN(c2nc(C(C)(C)C)nc3nn(Cc4nnnn4C4CC4)nc23)C1. The fraction of sp³-hybridized carbons (Fsp3) is 0.722. The van der Waals surface area contributed by atoms with Crippen LogP contribution in [0.4, 0.5) is 5.82 Å². The van der Waals surface area contributed by atoms with Crippen molar-refractivity contribution in [1.82, 2.24) is 45.2 Å². The van der Waals surface area contributed by atoms with Crippen LogP contribution in [0.2, 0.25) is 0 Å². The zero-order chi connectivity index (χ0) is 20.4. The first-order chi connectivity index (χ1) is 13.7. The van der Waals surface area contributed by atoms with Crippen molar-refractivity contribution in [3.63, 3.8) is 0 Å². The summed E-state index contributed by atoms with van der Waals surface area (Å²) in [7, 11) is 0. The normalized spacial score (nSPS) is 22.7. The third-order valence-electron chi connectivity index (χ3n) is 5.43. The van der Waals surface area contributed by atoms with Crippen molar-refractivity contribution < 1.29 is 5.11 Å². The molecule has 2 fully saturated rings. The lowest BCUT2D eigenvalue weighted by Crippen LogP contribution is -2.31. The molecule has 3 aromatic heterocycles. The summed E-state index contributed by atoms with van der Waals surface area (Å²) in [5.74, 6) is 2.18. The van der Waals surface area contributed by atoms with E-state index in [-0.39, 0.29) is 5.41 Å². The van der Waals surface area contributed by atoms with Crippen molar-refractivity contribution >= 4 is 17.0 Å². The summed E-state index contributed by atoms with van der Waals surface area (Å²) in [4.78, 5) is 13.2. The predicted molar refractivity (Wildman–Crippen MR) is 104 cm³/mol. The first-order valence-corrected chi connectivity index (χ1v) is 10.1. The van der Waals surface area contributed by atoms with Gasteiger partial charge in [0.05, 0.1) is 11.6 Å². The first kappa shape index (κ1) is 18.3. The Labute approximate surface area is 168 Å². The molecule has 1 aliphatic carbocycles. The number of nitrogens with zero attached hydrogens (tertiary/aromatic N) is 10. The van der Waals surface area contributed by atoms with Crippen LogP contribution in [-0.2, 0) is 12.0 Å². The Bertz CT molecular complexity index is 1060. The van der Waals surface area contributed by atoms with Crippen molar-refractivity contribution in [1.29, 1.82) is 0 Å². The van der Waals surface area contributed by atoms with Crippen LogP contribution in [0.3, 0.4) is 0 Å². The third kappa shape index (κ3) is 3.43. The van der Waals surface area contributed by atoms with E-state index in [2.05, 4.69) is 56.4 Å². The monoisotopic (exact) mass is 398 g/mol. The molecule has 1 saturated carbocycles. The van der Waals surface area contributed by atoms with Gasteiger partial charge in [-0.1, -0.05) is 20.8 Å². The van der Waals surface area contributed by atoms with Crippen molar-refractivity contribution in [2.24, 2.45) is 0 Å². The number of aromatic nitrogens is 9. The Morgan fingerprint density at radius 2 is 1.97 bits per heavy atom. The smallest absolute Gasteiger partial charge is 0.207 e. The quantitative estimate of drug-likeness (QED) is 0.681. The minimum Gasteiger partial charge on any atom is -0.388 e. The van der Waals surface area contributed by atoms with Crippen molar-refractivity contribution in [3.8, 4) is 0 Å². The summed E-state index contributed by atoms with van der Waals surface area (Å²) in [6, 6.07) is 0.389. The molecule has 11 nitrogen and oxygen atoms in total. The molecule has 0 amide bonds. The molecule has 4 heterocycles. The second-order valence-electron chi connectivity index (χ2n) is 9.46. The number of hydrogen-bond acceptors (Lipinski definition) is 9. The number of anilines is 1. The number of fused-ring (bicyclic) bond motifs is 1. The van der Waals surface area contributed by atoms with E-state index in [0.717, 1.165) is 31.0 Å². The summed E-state index contributed by atoms with van der Waals surface area (Å²) < 4.78 is 1.86. The van der Waals surface area contributed by atoms with Crippen LogP contribution in [0.15, 0.2) is 0 Å². The third-order valence-corrected chi connectivity index (χ3v) is 5.43. The number of aliphatic hydroxyl groups is 1. The van der Waals surface area contributed by atoms with Crippen LogP contribution in [-0.4, -0.2) is 69.0 Å². The predicted octanol–water partition coefficient (Wildman–Crippen LogP) is 0.850. The van der Waals surface area contributed by atoms with E-state index in [0.29, 0.717) is 42.5 Å². The molecule has 1 saturated heterocycles. The second-order valence-corrected chi connectivity index (χ2v) is 9.46. The highest BCUT2D eigenvalue weighted by Gasteiger charge is 2.35. The summed E-state index contributed by atoms with van der Waals surface area (Å²) in [5.41, 5.74) is 0.227. The Morgan fingerprint density at radius 3 is 2.62 bits per heavy atom. The van der Waals surface area contributed by atoms with Crippen LogP contribution in [0.25, 0.3) is 11.2 Å². The van der Waals surface area contributed by atoms with Gasteiger partial charge in [-0.2, -0.15) is 4.80 Å². The topological polar surface area (TPSA) is 124 Å². The minimum atomic E-state index is -0.735. The van der Waals surface area contributed by atoms with Crippen LogP contribution in [0.5, 0.6) is 0 Å². The highest BCUT2D eigenvalue weighted by atomic mass is 16.3. The Kier molecular flexibility index (Phi) is 3.89. The van der Waals surface area contributed by atoms with Gasteiger partial charge in [-0.25, -0.2) is 14.6 Å². The molecule has 29 heavy (non-hydrogen) atoms.